The van der Waals surface area contributed by atoms with Crippen LogP contribution in [0.5, 0.6) is 0 Å². The molecule has 7 heteroatoms. The molecule has 1 amide bonds. The Labute approximate surface area is 139 Å². The molecule has 0 fully saturated rings. The van der Waals surface area contributed by atoms with Crippen molar-refractivity contribution in [2.75, 3.05) is 0 Å². The summed E-state index contributed by atoms with van der Waals surface area (Å²) in [6.45, 7) is 1.99. The molecule has 0 aliphatic rings. The number of hydrogen-bond donors (Lipinski definition) is 1. The maximum absolute atomic E-state index is 11.8. The minimum absolute atomic E-state index is 0.00640. The lowest BCUT2D eigenvalue weighted by molar-refractivity contribution is -0.108. The van der Waals surface area contributed by atoms with Gasteiger partial charge in [0.1, 0.15) is 12.0 Å². The molecule has 0 saturated carbocycles. The van der Waals surface area contributed by atoms with Crippen LogP contribution in [0.1, 0.15) is 5.56 Å². The van der Waals surface area contributed by atoms with Crippen LogP contribution >= 0.6 is 0 Å². The van der Waals surface area contributed by atoms with Crippen molar-refractivity contribution in [3.05, 3.63) is 60.4 Å². The molecule has 0 aliphatic heterocycles. The van der Waals surface area contributed by atoms with Gasteiger partial charge in [-0.15, -0.1) is 0 Å². The Kier molecular flexibility index (Phi) is 4.18. The molecule has 0 bridgehead atoms. The lowest BCUT2D eigenvalue weighted by Crippen LogP contribution is -2.21. The van der Waals surface area contributed by atoms with Crippen LogP contribution in [0.4, 0.5) is 0 Å². The van der Waals surface area contributed by atoms with Crippen LogP contribution in [0.3, 0.4) is 0 Å². The van der Waals surface area contributed by atoms with Crippen LogP contribution in [0, 0.1) is 6.92 Å². The average Bonchev–Trinajstić information content (AvgIpc) is 3.04. The first-order valence-electron chi connectivity index (χ1n) is 7.09. The fourth-order valence-electron chi connectivity index (χ4n) is 2.39. The third-order valence-electron chi connectivity index (χ3n) is 3.54. The lowest BCUT2D eigenvalue weighted by Gasteiger charge is -2.05. The SMILES string of the molecule is Cc1cccc(-c2nocc2-c2ccc(S(=O)(=O)NC=O)cc2)c1. The predicted molar refractivity (Wildman–Crippen MR) is 88.5 cm³/mol. The fraction of sp³-hybridized carbons (Fsp3) is 0.0588. The van der Waals surface area contributed by atoms with Crippen molar-refractivity contribution >= 4 is 16.4 Å². The molecule has 0 unspecified atom stereocenters. The van der Waals surface area contributed by atoms with Gasteiger partial charge in [0, 0.05) is 11.1 Å². The van der Waals surface area contributed by atoms with E-state index in [0.29, 0.717) is 5.69 Å². The summed E-state index contributed by atoms with van der Waals surface area (Å²) in [5, 5.41) is 4.05. The number of nitrogens with one attached hydrogen (secondary N) is 1. The van der Waals surface area contributed by atoms with Crippen LogP contribution in [0.2, 0.25) is 0 Å². The standard InChI is InChI=1S/C17H14N2O4S/c1-12-3-2-4-14(9-12)17-16(10-23-19-17)13-5-7-15(8-6-13)24(21,22)18-11-20/h2-11H,1H3,(H,18,20). The van der Waals surface area contributed by atoms with Crippen molar-refractivity contribution in [2.45, 2.75) is 11.8 Å². The Morgan fingerprint density at radius 3 is 2.50 bits per heavy atom. The molecule has 1 heterocycles. The molecule has 6 nitrogen and oxygen atoms in total. The van der Waals surface area contributed by atoms with E-state index in [4.69, 9.17) is 4.52 Å². The quantitative estimate of drug-likeness (QED) is 0.720. The van der Waals surface area contributed by atoms with E-state index in [1.807, 2.05) is 31.2 Å². The largest absolute Gasteiger partial charge is 0.363 e. The number of carbonyl (C=O) groups excluding carboxylic acids is 1. The maximum atomic E-state index is 11.8. The van der Waals surface area contributed by atoms with Crippen LogP contribution in [0.25, 0.3) is 22.4 Å². The van der Waals surface area contributed by atoms with Crippen molar-refractivity contribution in [3.8, 4) is 22.4 Å². The zero-order valence-corrected chi connectivity index (χ0v) is 13.6. The van der Waals surface area contributed by atoms with Gasteiger partial charge in [0.15, 0.2) is 0 Å². The molecule has 0 radical (unpaired) electrons. The van der Waals surface area contributed by atoms with E-state index in [9.17, 15) is 13.2 Å². The highest BCUT2D eigenvalue weighted by Crippen LogP contribution is 2.31. The van der Waals surface area contributed by atoms with Crippen molar-refractivity contribution in [2.24, 2.45) is 0 Å². The van der Waals surface area contributed by atoms with Crippen LogP contribution in [-0.2, 0) is 14.8 Å². The second-order valence-electron chi connectivity index (χ2n) is 5.21. The molecule has 0 saturated heterocycles. The normalized spacial score (nSPS) is 11.2. The molecule has 0 aliphatic carbocycles. The van der Waals surface area contributed by atoms with E-state index >= 15 is 0 Å². The van der Waals surface area contributed by atoms with Gasteiger partial charge in [-0.1, -0.05) is 41.1 Å². The number of carbonyl (C=O) groups is 1. The molecule has 1 N–H and O–H groups in total. The third kappa shape index (κ3) is 3.07. The first kappa shape index (κ1) is 15.9. The van der Waals surface area contributed by atoms with E-state index < -0.39 is 10.0 Å². The van der Waals surface area contributed by atoms with E-state index in [1.165, 1.54) is 18.4 Å². The molecule has 24 heavy (non-hydrogen) atoms. The lowest BCUT2D eigenvalue weighted by atomic mass is 10.0. The Hall–Kier alpha value is -2.93. The summed E-state index contributed by atoms with van der Waals surface area (Å²) in [7, 11) is -3.82. The second kappa shape index (κ2) is 6.29. The number of aromatic nitrogens is 1. The van der Waals surface area contributed by atoms with Gasteiger partial charge < -0.3 is 4.52 Å². The summed E-state index contributed by atoms with van der Waals surface area (Å²) in [5.74, 6) is 0. The highest BCUT2D eigenvalue weighted by molar-refractivity contribution is 7.90. The van der Waals surface area contributed by atoms with Crippen molar-refractivity contribution in [1.29, 1.82) is 0 Å². The summed E-state index contributed by atoms with van der Waals surface area (Å²) in [6.07, 6.45) is 1.66. The summed E-state index contributed by atoms with van der Waals surface area (Å²) in [5.41, 5.74) is 4.21. The Morgan fingerprint density at radius 2 is 1.83 bits per heavy atom. The molecular weight excluding hydrogens is 328 g/mol. The molecule has 3 rings (SSSR count). The van der Waals surface area contributed by atoms with Gasteiger partial charge in [0.25, 0.3) is 10.0 Å². The van der Waals surface area contributed by atoms with Gasteiger partial charge in [-0.2, -0.15) is 0 Å². The third-order valence-corrected chi connectivity index (χ3v) is 4.84. The van der Waals surface area contributed by atoms with Crippen molar-refractivity contribution < 1.29 is 17.7 Å². The van der Waals surface area contributed by atoms with Crippen molar-refractivity contribution in [1.82, 2.24) is 9.88 Å². The monoisotopic (exact) mass is 342 g/mol. The first-order chi connectivity index (χ1) is 11.5. The molecule has 0 spiro atoms. The number of rotatable bonds is 5. The highest BCUT2D eigenvalue weighted by Gasteiger charge is 2.15. The minimum Gasteiger partial charge on any atom is -0.363 e. The van der Waals surface area contributed by atoms with Gasteiger partial charge in [-0.3, -0.25) is 9.52 Å². The second-order valence-corrected chi connectivity index (χ2v) is 6.92. The Morgan fingerprint density at radius 1 is 1.08 bits per heavy atom. The number of nitrogens with zero attached hydrogens (tertiary/aromatic N) is 1. The van der Waals surface area contributed by atoms with E-state index in [1.54, 1.807) is 16.9 Å². The predicted octanol–water partition coefficient (Wildman–Crippen LogP) is 2.75. The number of sulfonamides is 1. The molecule has 1 aromatic heterocycles. The summed E-state index contributed by atoms with van der Waals surface area (Å²) in [6, 6.07) is 14.0. The number of amides is 1. The zero-order valence-electron chi connectivity index (χ0n) is 12.8. The van der Waals surface area contributed by atoms with Crippen LogP contribution in [0.15, 0.2) is 64.2 Å². The van der Waals surface area contributed by atoms with Gasteiger partial charge in [-0.25, -0.2) is 8.42 Å². The Balaban J connectivity index is 2.00. The molecule has 122 valence electrons. The highest BCUT2D eigenvalue weighted by atomic mass is 32.2. The zero-order chi connectivity index (χ0) is 17.2. The number of aryl methyl sites for hydroxylation is 1. The number of benzene rings is 2. The minimum atomic E-state index is -3.82. The summed E-state index contributed by atoms with van der Waals surface area (Å²) >= 11 is 0. The number of hydrogen-bond acceptors (Lipinski definition) is 5. The van der Waals surface area contributed by atoms with Crippen LogP contribution in [-0.4, -0.2) is 20.0 Å². The van der Waals surface area contributed by atoms with Crippen LogP contribution < -0.4 is 4.72 Å². The molecule has 0 atom stereocenters. The van der Waals surface area contributed by atoms with Gasteiger partial charge in [0.05, 0.1) is 4.90 Å². The molecule has 2 aromatic carbocycles. The summed E-state index contributed by atoms with van der Waals surface area (Å²) < 4.78 is 30.5. The summed E-state index contributed by atoms with van der Waals surface area (Å²) in [4.78, 5) is 10.4. The smallest absolute Gasteiger partial charge is 0.263 e. The molecule has 3 aromatic rings. The fourth-order valence-corrected chi connectivity index (χ4v) is 3.14. The topological polar surface area (TPSA) is 89.3 Å². The van der Waals surface area contributed by atoms with Gasteiger partial charge >= 0.3 is 0 Å². The average molecular weight is 342 g/mol. The Bertz CT molecular complexity index is 976. The van der Waals surface area contributed by atoms with E-state index in [2.05, 4.69) is 5.16 Å². The van der Waals surface area contributed by atoms with Crippen molar-refractivity contribution in [3.63, 3.8) is 0 Å². The maximum Gasteiger partial charge on any atom is 0.263 e. The van der Waals surface area contributed by atoms with E-state index in [0.717, 1.165) is 22.3 Å². The van der Waals surface area contributed by atoms with E-state index in [-0.39, 0.29) is 11.3 Å². The van der Waals surface area contributed by atoms with Gasteiger partial charge in [0.2, 0.25) is 6.41 Å². The molecular formula is C17H14N2O4S. The van der Waals surface area contributed by atoms with Gasteiger partial charge in [-0.05, 0) is 30.7 Å². The first-order valence-corrected chi connectivity index (χ1v) is 8.57.